The summed E-state index contributed by atoms with van der Waals surface area (Å²) in [5.41, 5.74) is 1.77. The van der Waals surface area contributed by atoms with Gasteiger partial charge >= 0.3 is 0 Å². The van der Waals surface area contributed by atoms with Gasteiger partial charge in [0.2, 0.25) is 0 Å². The van der Waals surface area contributed by atoms with Crippen LogP contribution in [0, 0.1) is 12.7 Å². The quantitative estimate of drug-likeness (QED) is 0.873. The molecule has 0 radical (unpaired) electrons. The van der Waals surface area contributed by atoms with Gasteiger partial charge in [-0.2, -0.15) is 0 Å². The van der Waals surface area contributed by atoms with Crippen molar-refractivity contribution in [3.05, 3.63) is 59.3 Å². The van der Waals surface area contributed by atoms with Gasteiger partial charge < -0.3 is 9.73 Å². The third-order valence-electron chi connectivity index (χ3n) is 3.02. The topological polar surface area (TPSA) is 25.2 Å². The molecule has 1 aromatic carbocycles. The Hall–Kier alpha value is -1.61. The summed E-state index contributed by atoms with van der Waals surface area (Å²) >= 11 is 0. The first-order chi connectivity index (χ1) is 8.70. The fraction of sp³-hybridized carbons (Fsp3) is 0.333. The average Bonchev–Trinajstić information content (AvgIpc) is 2.85. The Labute approximate surface area is 107 Å². The highest BCUT2D eigenvalue weighted by Crippen LogP contribution is 2.21. The van der Waals surface area contributed by atoms with E-state index in [1.807, 2.05) is 24.3 Å². The third-order valence-corrected chi connectivity index (χ3v) is 3.02. The lowest BCUT2D eigenvalue weighted by molar-refractivity contribution is 0.454. The number of rotatable bonds is 5. The molecule has 96 valence electrons. The molecule has 18 heavy (non-hydrogen) atoms. The van der Waals surface area contributed by atoms with E-state index in [9.17, 15) is 4.39 Å². The van der Waals surface area contributed by atoms with Crippen LogP contribution >= 0.6 is 0 Å². The van der Waals surface area contributed by atoms with E-state index in [0.717, 1.165) is 24.3 Å². The largest absolute Gasteiger partial charge is 0.469 e. The maximum atomic E-state index is 13.3. The molecule has 0 bridgehead atoms. The molecule has 0 saturated heterocycles. The molecule has 0 saturated carbocycles. The van der Waals surface area contributed by atoms with Gasteiger partial charge in [0.25, 0.3) is 0 Å². The zero-order valence-corrected chi connectivity index (χ0v) is 10.7. The van der Waals surface area contributed by atoms with Crippen molar-refractivity contribution < 1.29 is 8.81 Å². The summed E-state index contributed by atoms with van der Waals surface area (Å²) in [5, 5.41) is 3.40. The van der Waals surface area contributed by atoms with Gasteiger partial charge in [-0.3, -0.25) is 0 Å². The Balaban J connectivity index is 2.20. The Kier molecular flexibility index (Phi) is 4.15. The van der Waals surface area contributed by atoms with Gasteiger partial charge in [-0.1, -0.05) is 19.1 Å². The monoisotopic (exact) mass is 247 g/mol. The molecule has 3 heteroatoms. The number of hydrogen-bond acceptors (Lipinski definition) is 2. The summed E-state index contributed by atoms with van der Waals surface area (Å²) in [7, 11) is 0. The minimum absolute atomic E-state index is 0.153. The van der Waals surface area contributed by atoms with Crippen LogP contribution in [0.1, 0.15) is 29.9 Å². The number of likely N-dealkylation sites (N-methyl/N-ethyl adjacent to an activating group) is 1. The lowest BCUT2D eigenvalue weighted by atomic mass is 10.0. The van der Waals surface area contributed by atoms with Crippen molar-refractivity contribution in [3.8, 4) is 0 Å². The van der Waals surface area contributed by atoms with Crippen molar-refractivity contribution in [2.24, 2.45) is 0 Å². The first-order valence-corrected chi connectivity index (χ1v) is 6.22. The van der Waals surface area contributed by atoms with Crippen molar-refractivity contribution in [1.29, 1.82) is 0 Å². The van der Waals surface area contributed by atoms with Crippen LogP contribution in [0.4, 0.5) is 4.39 Å². The van der Waals surface area contributed by atoms with E-state index in [-0.39, 0.29) is 11.9 Å². The van der Waals surface area contributed by atoms with E-state index in [1.165, 1.54) is 6.07 Å². The third kappa shape index (κ3) is 2.99. The standard InChI is InChI=1S/C15H18FNO/c1-3-17-15(10-13-5-4-8-18-13)12-6-7-14(16)11(2)9-12/h4-9,15,17H,3,10H2,1-2H3. The molecule has 0 aliphatic heterocycles. The van der Waals surface area contributed by atoms with Gasteiger partial charge in [0, 0.05) is 12.5 Å². The maximum Gasteiger partial charge on any atom is 0.126 e. The Bertz CT molecular complexity index is 493. The van der Waals surface area contributed by atoms with Crippen LogP contribution in [0.25, 0.3) is 0 Å². The lowest BCUT2D eigenvalue weighted by Gasteiger charge is -2.18. The lowest BCUT2D eigenvalue weighted by Crippen LogP contribution is -2.23. The molecule has 1 heterocycles. The molecule has 2 nitrogen and oxygen atoms in total. The Morgan fingerprint density at radius 1 is 1.33 bits per heavy atom. The number of nitrogens with one attached hydrogen (secondary N) is 1. The van der Waals surface area contributed by atoms with E-state index in [4.69, 9.17) is 4.42 Å². The predicted molar refractivity (Wildman–Crippen MR) is 70.0 cm³/mol. The Morgan fingerprint density at radius 2 is 2.17 bits per heavy atom. The minimum Gasteiger partial charge on any atom is -0.469 e. The van der Waals surface area contributed by atoms with Gasteiger partial charge in [0.1, 0.15) is 11.6 Å². The van der Waals surface area contributed by atoms with Crippen LogP contribution in [-0.4, -0.2) is 6.54 Å². The highest BCUT2D eigenvalue weighted by molar-refractivity contribution is 5.27. The van der Waals surface area contributed by atoms with Gasteiger partial charge in [-0.25, -0.2) is 4.39 Å². The predicted octanol–water partition coefficient (Wildman–Crippen LogP) is 3.62. The average molecular weight is 247 g/mol. The fourth-order valence-corrected chi connectivity index (χ4v) is 2.07. The van der Waals surface area contributed by atoms with Crippen LogP contribution in [0.3, 0.4) is 0 Å². The number of aryl methyl sites for hydroxylation is 1. The smallest absolute Gasteiger partial charge is 0.126 e. The zero-order valence-electron chi connectivity index (χ0n) is 10.7. The molecule has 1 aromatic heterocycles. The molecular weight excluding hydrogens is 229 g/mol. The molecule has 1 unspecified atom stereocenters. The minimum atomic E-state index is -0.160. The van der Waals surface area contributed by atoms with Crippen LogP contribution in [0.15, 0.2) is 41.0 Å². The first kappa shape index (κ1) is 12.8. The number of furan rings is 1. The van der Waals surface area contributed by atoms with Gasteiger partial charge in [0.05, 0.1) is 6.26 Å². The van der Waals surface area contributed by atoms with Crippen LogP contribution < -0.4 is 5.32 Å². The van der Waals surface area contributed by atoms with Gasteiger partial charge in [-0.05, 0) is 42.8 Å². The van der Waals surface area contributed by atoms with Gasteiger partial charge in [-0.15, -0.1) is 0 Å². The van der Waals surface area contributed by atoms with Crippen molar-refractivity contribution in [2.75, 3.05) is 6.54 Å². The summed E-state index contributed by atoms with van der Waals surface area (Å²) in [6, 6.07) is 9.25. The maximum absolute atomic E-state index is 13.3. The van der Waals surface area contributed by atoms with Crippen LogP contribution in [0.2, 0.25) is 0 Å². The van der Waals surface area contributed by atoms with E-state index < -0.39 is 0 Å². The highest BCUT2D eigenvalue weighted by Gasteiger charge is 2.13. The molecule has 1 N–H and O–H groups in total. The number of hydrogen-bond donors (Lipinski definition) is 1. The van der Waals surface area contributed by atoms with Gasteiger partial charge in [0.15, 0.2) is 0 Å². The summed E-state index contributed by atoms with van der Waals surface area (Å²) in [6.45, 7) is 4.71. The summed E-state index contributed by atoms with van der Waals surface area (Å²) in [6.07, 6.45) is 2.44. The number of halogens is 1. The van der Waals surface area contributed by atoms with Crippen molar-refractivity contribution >= 4 is 0 Å². The molecule has 0 aliphatic rings. The van der Waals surface area contributed by atoms with Crippen molar-refractivity contribution in [2.45, 2.75) is 26.3 Å². The zero-order chi connectivity index (χ0) is 13.0. The van der Waals surface area contributed by atoms with E-state index in [0.29, 0.717) is 5.56 Å². The van der Waals surface area contributed by atoms with E-state index in [2.05, 4.69) is 12.2 Å². The normalized spacial score (nSPS) is 12.6. The highest BCUT2D eigenvalue weighted by atomic mass is 19.1. The van der Waals surface area contributed by atoms with Crippen LogP contribution in [-0.2, 0) is 6.42 Å². The van der Waals surface area contributed by atoms with Crippen molar-refractivity contribution in [1.82, 2.24) is 5.32 Å². The molecule has 2 aromatic rings. The SMILES string of the molecule is CCNC(Cc1ccco1)c1ccc(F)c(C)c1. The van der Waals surface area contributed by atoms with Crippen LogP contribution in [0.5, 0.6) is 0 Å². The molecule has 0 spiro atoms. The van der Waals surface area contributed by atoms with Crippen molar-refractivity contribution in [3.63, 3.8) is 0 Å². The molecule has 1 atom stereocenters. The van der Waals surface area contributed by atoms with E-state index in [1.54, 1.807) is 13.2 Å². The molecule has 0 aliphatic carbocycles. The second kappa shape index (κ2) is 5.83. The molecule has 2 rings (SSSR count). The molecule has 0 fully saturated rings. The molecule has 0 amide bonds. The first-order valence-electron chi connectivity index (χ1n) is 6.22. The van der Waals surface area contributed by atoms with E-state index >= 15 is 0 Å². The molecular formula is C15H18FNO. The summed E-state index contributed by atoms with van der Waals surface area (Å²) < 4.78 is 18.7. The second-order valence-corrected chi connectivity index (χ2v) is 4.40. The Morgan fingerprint density at radius 3 is 2.78 bits per heavy atom. The number of benzene rings is 1. The summed E-state index contributed by atoms with van der Waals surface area (Å²) in [4.78, 5) is 0. The second-order valence-electron chi connectivity index (χ2n) is 4.40. The summed E-state index contributed by atoms with van der Waals surface area (Å²) in [5.74, 6) is 0.773. The fourth-order valence-electron chi connectivity index (χ4n) is 2.07.